The van der Waals surface area contributed by atoms with Gasteiger partial charge < -0.3 is 10.2 Å². The second kappa shape index (κ2) is 4.57. The van der Waals surface area contributed by atoms with Crippen LogP contribution >= 0.6 is 11.8 Å². The molecule has 0 amide bonds. The highest BCUT2D eigenvalue weighted by atomic mass is 32.2. The van der Waals surface area contributed by atoms with E-state index in [1.165, 1.54) is 12.8 Å². The van der Waals surface area contributed by atoms with Crippen molar-refractivity contribution in [1.29, 1.82) is 0 Å². The maximum Gasteiger partial charge on any atom is 0.256 e. The first-order valence-corrected chi connectivity index (χ1v) is 6.07. The topological polar surface area (TPSA) is 52.0 Å². The molecule has 1 aromatic heterocycles. The third-order valence-electron chi connectivity index (χ3n) is 2.12. The lowest BCUT2D eigenvalue weighted by Gasteiger charge is -1.91. The first kappa shape index (κ1) is 10.4. The average molecular weight is 222 g/mol. The van der Waals surface area contributed by atoms with Crippen molar-refractivity contribution < 1.29 is 4.42 Å². The number of thioether (sulfide) groups is 1. The van der Waals surface area contributed by atoms with Crippen LogP contribution in [-0.4, -0.2) is 10.7 Å². The highest BCUT2D eigenvalue weighted by Gasteiger charge is 2.05. The third-order valence-corrected chi connectivity index (χ3v) is 3.03. The fraction of sp³-hybridized carbons (Fsp3) is 0.364. The van der Waals surface area contributed by atoms with Crippen LogP contribution in [0.2, 0.25) is 0 Å². The summed E-state index contributed by atoms with van der Waals surface area (Å²) in [6.45, 7) is 2.17. The zero-order chi connectivity index (χ0) is 10.7. The highest BCUT2D eigenvalue weighted by molar-refractivity contribution is 7.99. The molecule has 1 aromatic carbocycles. The Labute approximate surface area is 93.0 Å². The summed E-state index contributed by atoms with van der Waals surface area (Å²) >= 11 is 1.66. The molecule has 1 heterocycles. The number of nitrogens with zero attached hydrogens (tertiary/aromatic N) is 1. The Hall–Kier alpha value is -1.16. The van der Waals surface area contributed by atoms with Gasteiger partial charge in [0.05, 0.1) is 0 Å². The lowest BCUT2D eigenvalue weighted by atomic mass is 10.3. The molecule has 0 spiro atoms. The van der Waals surface area contributed by atoms with E-state index in [0.717, 1.165) is 27.8 Å². The number of rotatable bonds is 4. The van der Waals surface area contributed by atoms with Gasteiger partial charge in [0.15, 0.2) is 5.58 Å². The number of hydrogen-bond acceptors (Lipinski definition) is 4. The molecule has 3 nitrogen and oxygen atoms in total. The summed E-state index contributed by atoms with van der Waals surface area (Å²) in [6, 6.07) is 5.53. The van der Waals surface area contributed by atoms with E-state index < -0.39 is 0 Å². The van der Waals surface area contributed by atoms with Gasteiger partial charge in [-0.1, -0.05) is 25.1 Å². The van der Waals surface area contributed by atoms with Gasteiger partial charge >= 0.3 is 0 Å². The molecular weight excluding hydrogens is 208 g/mol. The lowest BCUT2D eigenvalue weighted by molar-refractivity contribution is 0.489. The second-order valence-electron chi connectivity index (χ2n) is 3.41. The van der Waals surface area contributed by atoms with Gasteiger partial charge in [0.1, 0.15) is 5.52 Å². The molecule has 0 atom stereocenters. The molecule has 0 saturated heterocycles. The zero-order valence-electron chi connectivity index (χ0n) is 8.69. The molecule has 0 saturated carbocycles. The second-order valence-corrected chi connectivity index (χ2v) is 4.46. The summed E-state index contributed by atoms with van der Waals surface area (Å²) in [6.07, 6.45) is 2.38. The quantitative estimate of drug-likeness (QED) is 0.490. The monoisotopic (exact) mass is 222 g/mol. The Kier molecular flexibility index (Phi) is 3.16. The minimum Gasteiger partial charge on any atom is -0.431 e. The van der Waals surface area contributed by atoms with Gasteiger partial charge in [-0.3, -0.25) is 0 Å². The average Bonchev–Trinajstić information content (AvgIpc) is 2.60. The molecule has 0 fully saturated rings. The summed E-state index contributed by atoms with van der Waals surface area (Å²) in [5.41, 5.74) is 8.04. The summed E-state index contributed by atoms with van der Waals surface area (Å²) in [5.74, 6) is 1.05. The fourth-order valence-corrected chi connectivity index (χ4v) is 2.21. The van der Waals surface area contributed by atoms with E-state index in [9.17, 15) is 0 Å². The van der Waals surface area contributed by atoms with Crippen LogP contribution in [-0.2, 0) is 0 Å². The first-order chi connectivity index (χ1) is 7.29. The minimum absolute atomic E-state index is 0.723. The van der Waals surface area contributed by atoms with Gasteiger partial charge in [-0.25, -0.2) is 4.98 Å². The van der Waals surface area contributed by atoms with Crippen LogP contribution in [0, 0.1) is 0 Å². The van der Waals surface area contributed by atoms with Crippen molar-refractivity contribution in [3.8, 4) is 0 Å². The molecule has 4 heteroatoms. The lowest BCUT2D eigenvalue weighted by Crippen LogP contribution is -1.82. The summed E-state index contributed by atoms with van der Waals surface area (Å²) in [5, 5.41) is 0.740. The molecule has 0 aliphatic heterocycles. The van der Waals surface area contributed by atoms with Crippen LogP contribution in [0.5, 0.6) is 0 Å². The third kappa shape index (κ3) is 2.45. The molecule has 0 aliphatic carbocycles. The maximum absolute atomic E-state index is 5.67. The van der Waals surface area contributed by atoms with E-state index in [-0.39, 0.29) is 0 Å². The number of fused-ring (bicyclic) bond motifs is 1. The normalized spacial score (nSPS) is 11.0. The van der Waals surface area contributed by atoms with Crippen molar-refractivity contribution in [2.45, 2.75) is 25.0 Å². The smallest absolute Gasteiger partial charge is 0.256 e. The van der Waals surface area contributed by atoms with Crippen molar-refractivity contribution in [3.05, 3.63) is 18.2 Å². The maximum atomic E-state index is 5.67. The van der Waals surface area contributed by atoms with Gasteiger partial charge in [0, 0.05) is 11.4 Å². The van der Waals surface area contributed by atoms with Crippen LogP contribution in [0.15, 0.2) is 27.8 Å². The van der Waals surface area contributed by atoms with Crippen LogP contribution in [0.25, 0.3) is 11.1 Å². The van der Waals surface area contributed by atoms with Crippen LogP contribution in [0.3, 0.4) is 0 Å². The van der Waals surface area contributed by atoms with Crippen molar-refractivity contribution in [2.24, 2.45) is 0 Å². The SMILES string of the molecule is CCCCSc1nc2cc(N)ccc2o1. The van der Waals surface area contributed by atoms with Crippen LogP contribution in [0.4, 0.5) is 5.69 Å². The molecule has 2 rings (SSSR count). The Bertz CT molecular complexity index is 453. The molecule has 0 aliphatic rings. The summed E-state index contributed by atoms with van der Waals surface area (Å²) in [4.78, 5) is 4.36. The van der Waals surface area contributed by atoms with E-state index >= 15 is 0 Å². The molecular formula is C11H14N2OS. The standard InChI is InChI=1S/C11H14N2OS/c1-2-3-6-15-11-13-9-7-8(12)4-5-10(9)14-11/h4-5,7H,2-3,6,12H2,1H3. The van der Waals surface area contributed by atoms with E-state index in [1.807, 2.05) is 18.2 Å². The molecule has 0 bridgehead atoms. The number of nitrogens with two attached hydrogens (primary N) is 1. The van der Waals surface area contributed by atoms with Gasteiger partial charge in [-0.05, 0) is 24.6 Å². The minimum atomic E-state index is 0.723. The molecule has 2 aromatic rings. The van der Waals surface area contributed by atoms with Gasteiger partial charge in [0.25, 0.3) is 5.22 Å². The zero-order valence-corrected chi connectivity index (χ0v) is 9.51. The predicted octanol–water partition coefficient (Wildman–Crippen LogP) is 3.30. The molecule has 0 radical (unpaired) electrons. The van der Waals surface area contributed by atoms with Gasteiger partial charge in [0.2, 0.25) is 0 Å². The first-order valence-electron chi connectivity index (χ1n) is 5.08. The Morgan fingerprint density at radius 3 is 3.13 bits per heavy atom. The number of hydrogen-bond donors (Lipinski definition) is 1. The number of aromatic nitrogens is 1. The van der Waals surface area contributed by atoms with E-state index in [1.54, 1.807) is 11.8 Å². The number of nitrogen functional groups attached to an aromatic ring is 1. The molecule has 80 valence electrons. The Balaban J connectivity index is 2.16. The number of oxazole rings is 1. The predicted molar refractivity (Wildman–Crippen MR) is 64.1 cm³/mol. The van der Waals surface area contributed by atoms with Crippen LogP contribution < -0.4 is 5.73 Å². The molecule has 2 N–H and O–H groups in total. The Morgan fingerprint density at radius 1 is 1.47 bits per heavy atom. The fourth-order valence-electron chi connectivity index (χ4n) is 1.29. The molecule has 0 unspecified atom stereocenters. The molecule has 15 heavy (non-hydrogen) atoms. The Morgan fingerprint density at radius 2 is 2.33 bits per heavy atom. The van der Waals surface area contributed by atoms with Gasteiger partial charge in [-0.15, -0.1) is 0 Å². The van der Waals surface area contributed by atoms with Crippen molar-refractivity contribution in [1.82, 2.24) is 4.98 Å². The summed E-state index contributed by atoms with van der Waals surface area (Å²) < 4.78 is 5.57. The number of benzene rings is 1. The van der Waals surface area contributed by atoms with Crippen molar-refractivity contribution in [2.75, 3.05) is 11.5 Å². The largest absolute Gasteiger partial charge is 0.431 e. The van der Waals surface area contributed by atoms with E-state index in [2.05, 4.69) is 11.9 Å². The van der Waals surface area contributed by atoms with Crippen LogP contribution in [0.1, 0.15) is 19.8 Å². The van der Waals surface area contributed by atoms with E-state index in [4.69, 9.17) is 10.2 Å². The van der Waals surface area contributed by atoms with Crippen molar-refractivity contribution in [3.63, 3.8) is 0 Å². The van der Waals surface area contributed by atoms with E-state index in [0.29, 0.717) is 0 Å². The highest BCUT2D eigenvalue weighted by Crippen LogP contribution is 2.25. The van der Waals surface area contributed by atoms with Gasteiger partial charge in [-0.2, -0.15) is 0 Å². The number of anilines is 1. The summed E-state index contributed by atoms with van der Waals surface area (Å²) in [7, 11) is 0. The van der Waals surface area contributed by atoms with Crippen molar-refractivity contribution >= 4 is 28.5 Å². The number of unbranched alkanes of at least 4 members (excludes halogenated alkanes) is 1.